The lowest BCUT2D eigenvalue weighted by Crippen LogP contribution is -2.33. The molecule has 0 unspecified atom stereocenters. The van der Waals surface area contributed by atoms with Crippen molar-refractivity contribution in [1.29, 1.82) is 0 Å². The van der Waals surface area contributed by atoms with E-state index >= 15 is 0 Å². The molecular formula is C20H28N4. The molecule has 128 valence electrons. The number of fused-ring (bicyclic) bond motifs is 1. The first-order chi connectivity index (χ1) is 11.8. The van der Waals surface area contributed by atoms with Crippen molar-refractivity contribution in [2.45, 2.75) is 51.6 Å². The van der Waals surface area contributed by atoms with Crippen LogP contribution in [0.1, 0.15) is 54.4 Å². The van der Waals surface area contributed by atoms with Crippen LogP contribution in [0.15, 0.2) is 36.5 Å². The number of rotatable bonds is 7. The molecule has 0 amide bonds. The number of hydrogen-bond donors (Lipinski definition) is 1. The Bertz CT molecular complexity index is 656. The molecule has 0 saturated heterocycles. The van der Waals surface area contributed by atoms with Gasteiger partial charge >= 0.3 is 0 Å². The standard InChI is InChI=1S/C20H28N4/c1-16-7-4-10-18(23-16)15-24(14-3-2-12-21)19-11-5-8-17-9-6-13-22-20(17)19/h4,6-7,9-10,13,19H,2-3,5,8,11-12,14-15,21H2,1H3/t19-/m0/s1. The first-order valence-electron chi connectivity index (χ1n) is 9.08. The number of hydrogen-bond acceptors (Lipinski definition) is 4. The predicted molar refractivity (Wildman–Crippen MR) is 97.6 cm³/mol. The normalized spacial score (nSPS) is 17.0. The zero-order valence-electron chi connectivity index (χ0n) is 14.6. The van der Waals surface area contributed by atoms with Gasteiger partial charge in [-0.3, -0.25) is 14.9 Å². The van der Waals surface area contributed by atoms with Gasteiger partial charge in [-0.15, -0.1) is 0 Å². The van der Waals surface area contributed by atoms with Gasteiger partial charge in [0.1, 0.15) is 0 Å². The molecule has 0 fully saturated rings. The van der Waals surface area contributed by atoms with Crippen molar-refractivity contribution in [3.8, 4) is 0 Å². The zero-order chi connectivity index (χ0) is 16.8. The number of pyridine rings is 2. The molecule has 0 aliphatic heterocycles. The van der Waals surface area contributed by atoms with E-state index in [4.69, 9.17) is 15.7 Å². The third-order valence-electron chi connectivity index (χ3n) is 4.82. The van der Waals surface area contributed by atoms with Crippen molar-refractivity contribution in [2.24, 2.45) is 5.73 Å². The molecule has 0 spiro atoms. The number of aromatic nitrogens is 2. The molecule has 0 saturated carbocycles. The fourth-order valence-electron chi connectivity index (χ4n) is 3.64. The smallest absolute Gasteiger partial charge is 0.0607 e. The molecule has 1 aliphatic rings. The Kier molecular flexibility index (Phi) is 5.94. The van der Waals surface area contributed by atoms with Gasteiger partial charge in [0.2, 0.25) is 0 Å². The van der Waals surface area contributed by atoms with Gasteiger partial charge in [0.25, 0.3) is 0 Å². The summed E-state index contributed by atoms with van der Waals surface area (Å²) in [5.41, 5.74) is 10.6. The van der Waals surface area contributed by atoms with Gasteiger partial charge in [0, 0.05) is 18.4 Å². The predicted octanol–water partition coefficient (Wildman–Crippen LogP) is 3.40. The molecule has 4 heteroatoms. The molecule has 3 rings (SSSR count). The van der Waals surface area contributed by atoms with Crippen molar-refractivity contribution < 1.29 is 0 Å². The van der Waals surface area contributed by atoms with Gasteiger partial charge < -0.3 is 5.73 Å². The van der Waals surface area contributed by atoms with E-state index in [9.17, 15) is 0 Å². The maximum absolute atomic E-state index is 5.70. The van der Waals surface area contributed by atoms with Gasteiger partial charge in [0.05, 0.1) is 17.4 Å². The summed E-state index contributed by atoms with van der Waals surface area (Å²) in [5.74, 6) is 0. The van der Waals surface area contributed by atoms with Crippen LogP contribution in [-0.4, -0.2) is 28.0 Å². The molecule has 2 N–H and O–H groups in total. The molecule has 2 aromatic heterocycles. The highest BCUT2D eigenvalue weighted by Crippen LogP contribution is 2.33. The van der Waals surface area contributed by atoms with Crippen LogP contribution in [0.2, 0.25) is 0 Å². The summed E-state index contributed by atoms with van der Waals surface area (Å²) in [6.07, 6.45) is 7.69. The van der Waals surface area contributed by atoms with Gasteiger partial charge in [-0.05, 0) is 75.9 Å². The monoisotopic (exact) mass is 324 g/mol. The quantitative estimate of drug-likeness (QED) is 0.793. The molecule has 2 aromatic rings. The molecule has 1 atom stereocenters. The third-order valence-corrected chi connectivity index (χ3v) is 4.82. The average Bonchev–Trinajstić information content (AvgIpc) is 2.61. The van der Waals surface area contributed by atoms with Crippen LogP contribution in [0.3, 0.4) is 0 Å². The van der Waals surface area contributed by atoms with Crippen LogP contribution < -0.4 is 5.73 Å². The van der Waals surface area contributed by atoms with Crippen LogP contribution in [0.4, 0.5) is 0 Å². The summed E-state index contributed by atoms with van der Waals surface area (Å²) in [6, 6.07) is 11.0. The maximum Gasteiger partial charge on any atom is 0.0607 e. The van der Waals surface area contributed by atoms with E-state index in [0.29, 0.717) is 6.04 Å². The van der Waals surface area contributed by atoms with Crippen molar-refractivity contribution in [2.75, 3.05) is 13.1 Å². The second kappa shape index (κ2) is 8.36. The van der Waals surface area contributed by atoms with E-state index < -0.39 is 0 Å². The highest BCUT2D eigenvalue weighted by Gasteiger charge is 2.27. The minimum absolute atomic E-state index is 0.398. The molecule has 1 aliphatic carbocycles. The van der Waals surface area contributed by atoms with E-state index in [1.54, 1.807) is 0 Å². The number of nitrogens with zero attached hydrogens (tertiary/aromatic N) is 3. The van der Waals surface area contributed by atoms with E-state index in [-0.39, 0.29) is 0 Å². The molecule has 0 bridgehead atoms. The van der Waals surface area contributed by atoms with E-state index in [2.05, 4.69) is 42.2 Å². The van der Waals surface area contributed by atoms with E-state index in [1.807, 2.05) is 6.20 Å². The summed E-state index contributed by atoms with van der Waals surface area (Å²) in [4.78, 5) is 12.0. The highest BCUT2D eigenvalue weighted by molar-refractivity contribution is 5.25. The molecule has 2 heterocycles. The Morgan fingerprint density at radius 1 is 1.21 bits per heavy atom. The third kappa shape index (κ3) is 4.19. The van der Waals surface area contributed by atoms with Crippen molar-refractivity contribution in [3.63, 3.8) is 0 Å². The molecular weight excluding hydrogens is 296 g/mol. The minimum atomic E-state index is 0.398. The minimum Gasteiger partial charge on any atom is -0.330 e. The van der Waals surface area contributed by atoms with Crippen LogP contribution in [0.25, 0.3) is 0 Å². The lowest BCUT2D eigenvalue weighted by atomic mass is 9.90. The van der Waals surface area contributed by atoms with Crippen molar-refractivity contribution >= 4 is 0 Å². The fraction of sp³-hybridized carbons (Fsp3) is 0.500. The average molecular weight is 324 g/mol. The summed E-state index contributed by atoms with van der Waals surface area (Å²) >= 11 is 0. The van der Waals surface area contributed by atoms with Gasteiger partial charge in [-0.25, -0.2) is 0 Å². The largest absolute Gasteiger partial charge is 0.330 e. The Labute approximate surface area is 145 Å². The zero-order valence-corrected chi connectivity index (χ0v) is 14.6. The number of nitrogens with two attached hydrogens (primary N) is 1. The maximum atomic E-state index is 5.70. The Hall–Kier alpha value is -1.78. The summed E-state index contributed by atoms with van der Waals surface area (Å²) in [5, 5.41) is 0. The number of unbranched alkanes of at least 4 members (excludes halogenated alkanes) is 1. The van der Waals surface area contributed by atoms with E-state index in [0.717, 1.165) is 50.3 Å². The first-order valence-corrected chi connectivity index (χ1v) is 9.08. The van der Waals surface area contributed by atoms with Crippen LogP contribution >= 0.6 is 0 Å². The Morgan fingerprint density at radius 3 is 2.96 bits per heavy atom. The highest BCUT2D eigenvalue weighted by atomic mass is 15.2. The molecule has 24 heavy (non-hydrogen) atoms. The Morgan fingerprint density at radius 2 is 2.12 bits per heavy atom. The fourth-order valence-corrected chi connectivity index (χ4v) is 3.64. The van der Waals surface area contributed by atoms with Gasteiger partial charge in [-0.1, -0.05) is 12.1 Å². The lowest BCUT2D eigenvalue weighted by molar-refractivity contribution is 0.161. The van der Waals surface area contributed by atoms with Crippen molar-refractivity contribution in [3.05, 3.63) is 59.2 Å². The van der Waals surface area contributed by atoms with Gasteiger partial charge in [0.15, 0.2) is 0 Å². The van der Waals surface area contributed by atoms with Crippen LogP contribution in [0, 0.1) is 6.92 Å². The summed E-state index contributed by atoms with van der Waals surface area (Å²) in [7, 11) is 0. The lowest BCUT2D eigenvalue weighted by Gasteiger charge is -2.35. The summed E-state index contributed by atoms with van der Waals surface area (Å²) < 4.78 is 0. The second-order valence-corrected chi connectivity index (χ2v) is 6.69. The molecule has 0 radical (unpaired) electrons. The SMILES string of the molecule is Cc1cccc(CN(CCCCN)[C@H]2CCCc3cccnc32)n1. The topological polar surface area (TPSA) is 55.0 Å². The number of aryl methyl sites for hydroxylation is 2. The Balaban J connectivity index is 1.82. The summed E-state index contributed by atoms with van der Waals surface area (Å²) in [6.45, 7) is 4.75. The first kappa shape index (κ1) is 17.1. The van der Waals surface area contributed by atoms with Gasteiger partial charge in [-0.2, -0.15) is 0 Å². The van der Waals surface area contributed by atoms with Crippen LogP contribution in [-0.2, 0) is 13.0 Å². The molecule has 4 nitrogen and oxygen atoms in total. The second-order valence-electron chi connectivity index (χ2n) is 6.69. The molecule has 0 aromatic carbocycles. The van der Waals surface area contributed by atoms with Crippen molar-refractivity contribution in [1.82, 2.24) is 14.9 Å². The van der Waals surface area contributed by atoms with Crippen LogP contribution in [0.5, 0.6) is 0 Å². The van der Waals surface area contributed by atoms with E-state index in [1.165, 1.54) is 24.1 Å².